The fourth-order valence-corrected chi connectivity index (χ4v) is 2.92. The van der Waals surface area contributed by atoms with Crippen molar-refractivity contribution in [3.05, 3.63) is 29.8 Å². The standard InChI is InChI=1S/C18H29NO2/c1-3-15(2)17-9-5-6-10-18(17)21-14-16(20)13-19-11-7-4-8-12-19/h5-6,9-10,15-16,20H,3-4,7-8,11-14H2,1-2H3/t15-,16+/m0/s1. The molecule has 1 N–H and O–H groups in total. The van der Waals surface area contributed by atoms with Crippen molar-refractivity contribution in [1.82, 2.24) is 4.90 Å². The Hall–Kier alpha value is -1.06. The molecule has 1 aliphatic heterocycles. The Kier molecular flexibility index (Phi) is 6.52. The molecule has 3 heteroatoms. The lowest BCUT2D eigenvalue weighted by molar-refractivity contribution is 0.0613. The molecule has 0 radical (unpaired) electrons. The van der Waals surface area contributed by atoms with Crippen LogP contribution >= 0.6 is 0 Å². The number of likely N-dealkylation sites (tertiary alicyclic amines) is 1. The molecule has 0 saturated carbocycles. The van der Waals surface area contributed by atoms with Gasteiger partial charge in [0.15, 0.2) is 0 Å². The van der Waals surface area contributed by atoms with Gasteiger partial charge in [0, 0.05) is 6.54 Å². The first kappa shape index (κ1) is 16.3. The van der Waals surface area contributed by atoms with Crippen LogP contribution in [0.25, 0.3) is 0 Å². The third-order valence-corrected chi connectivity index (χ3v) is 4.41. The Labute approximate surface area is 128 Å². The van der Waals surface area contributed by atoms with Crippen molar-refractivity contribution in [2.75, 3.05) is 26.2 Å². The Balaban J connectivity index is 1.84. The zero-order chi connectivity index (χ0) is 15.1. The van der Waals surface area contributed by atoms with Gasteiger partial charge >= 0.3 is 0 Å². The summed E-state index contributed by atoms with van der Waals surface area (Å²) in [5, 5.41) is 10.2. The topological polar surface area (TPSA) is 32.7 Å². The minimum atomic E-state index is -0.409. The van der Waals surface area contributed by atoms with Crippen molar-refractivity contribution in [3.63, 3.8) is 0 Å². The summed E-state index contributed by atoms with van der Waals surface area (Å²) in [7, 11) is 0. The van der Waals surface area contributed by atoms with Crippen molar-refractivity contribution in [3.8, 4) is 5.75 Å². The fraction of sp³-hybridized carbons (Fsp3) is 0.667. The molecule has 1 aliphatic rings. The predicted octanol–water partition coefficient (Wildman–Crippen LogP) is 3.43. The van der Waals surface area contributed by atoms with Crippen molar-refractivity contribution >= 4 is 0 Å². The number of ether oxygens (including phenoxy) is 1. The van der Waals surface area contributed by atoms with Crippen LogP contribution in [0.5, 0.6) is 5.75 Å². The normalized spacial score (nSPS) is 19.2. The van der Waals surface area contributed by atoms with Crippen molar-refractivity contribution < 1.29 is 9.84 Å². The Morgan fingerprint density at radius 3 is 2.62 bits per heavy atom. The highest BCUT2D eigenvalue weighted by Crippen LogP contribution is 2.28. The van der Waals surface area contributed by atoms with Gasteiger partial charge in [0.1, 0.15) is 18.5 Å². The quantitative estimate of drug-likeness (QED) is 0.835. The lowest BCUT2D eigenvalue weighted by Gasteiger charge is -2.28. The van der Waals surface area contributed by atoms with Gasteiger partial charge < -0.3 is 14.7 Å². The Morgan fingerprint density at radius 1 is 1.19 bits per heavy atom. The van der Waals surface area contributed by atoms with E-state index in [9.17, 15) is 5.11 Å². The summed E-state index contributed by atoms with van der Waals surface area (Å²) in [6.45, 7) is 7.73. The van der Waals surface area contributed by atoms with E-state index in [-0.39, 0.29) is 0 Å². The summed E-state index contributed by atoms with van der Waals surface area (Å²) in [6.07, 6.45) is 4.52. The first-order valence-corrected chi connectivity index (χ1v) is 8.32. The van der Waals surface area contributed by atoms with Gasteiger partial charge in [-0.15, -0.1) is 0 Å². The number of hydrogen-bond donors (Lipinski definition) is 1. The van der Waals surface area contributed by atoms with Crippen LogP contribution in [0.4, 0.5) is 0 Å². The summed E-state index contributed by atoms with van der Waals surface area (Å²) >= 11 is 0. The molecule has 0 aromatic heterocycles. The molecule has 0 aliphatic carbocycles. The second kappa shape index (κ2) is 8.40. The van der Waals surface area contributed by atoms with Gasteiger partial charge in [0.2, 0.25) is 0 Å². The van der Waals surface area contributed by atoms with Crippen LogP contribution in [-0.2, 0) is 0 Å². The molecule has 21 heavy (non-hydrogen) atoms. The summed E-state index contributed by atoms with van der Waals surface area (Å²) in [5.41, 5.74) is 1.24. The summed E-state index contributed by atoms with van der Waals surface area (Å²) in [4.78, 5) is 2.35. The van der Waals surface area contributed by atoms with Crippen molar-refractivity contribution in [2.45, 2.75) is 51.6 Å². The maximum Gasteiger partial charge on any atom is 0.122 e. The third kappa shape index (κ3) is 5.01. The number of rotatable bonds is 7. The van der Waals surface area contributed by atoms with Crippen LogP contribution in [0, 0.1) is 0 Å². The highest BCUT2D eigenvalue weighted by Gasteiger charge is 2.16. The third-order valence-electron chi connectivity index (χ3n) is 4.41. The van der Waals surface area contributed by atoms with Crippen LogP contribution in [0.1, 0.15) is 51.0 Å². The van der Waals surface area contributed by atoms with Gasteiger partial charge in [-0.2, -0.15) is 0 Å². The predicted molar refractivity (Wildman–Crippen MR) is 86.9 cm³/mol. The van der Waals surface area contributed by atoms with E-state index in [4.69, 9.17) is 4.74 Å². The molecule has 0 unspecified atom stereocenters. The minimum Gasteiger partial charge on any atom is -0.491 e. The zero-order valence-electron chi connectivity index (χ0n) is 13.4. The molecule has 0 spiro atoms. The number of nitrogens with zero attached hydrogens (tertiary/aromatic N) is 1. The first-order valence-electron chi connectivity index (χ1n) is 8.32. The van der Waals surface area contributed by atoms with E-state index in [1.54, 1.807) is 0 Å². The maximum atomic E-state index is 10.2. The van der Waals surface area contributed by atoms with Crippen LogP contribution in [0.3, 0.4) is 0 Å². The Bertz CT molecular complexity index is 415. The molecule has 118 valence electrons. The summed E-state index contributed by atoms with van der Waals surface area (Å²) in [5.74, 6) is 1.41. The van der Waals surface area contributed by atoms with Gasteiger partial charge in [-0.05, 0) is 49.9 Å². The van der Waals surface area contributed by atoms with Gasteiger partial charge in [-0.3, -0.25) is 0 Å². The molecule has 1 fully saturated rings. The van der Waals surface area contributed by atoms with Crippen LogP contribution < -0.4 is 4.74 Å². The molecular formula is C18H29NO2. The number of aliphatic hydroxyl groups excluding tert-OH is 1. The SMILES string of the molecule is CC[C@H](C)c1ccccc1OC[C@H](O)CN1CCCCC1. The summed E-state index contributed by atoms with van der Waals surface area (Å²) < 4.78 is 5.89. The van der Waals surface area contributed by atoms with Gasteiger partial charge in [0.05, 0.1) is 0 Å². The molecule has 2 rings (SSSR count). The highest BCUT2D eigenvalue weighted by atomic mass is 16.5. The van der Waals surface area contributed by atoms with E-state index in [0.29, 0.717) is 12.5 Å². The Morgan fingerprint density at radius 2 is 1.90 bits per heavy atom. The molecule has 1 heterocycles. The number of piperidine rings is 1. The lowest BCUT2D eigenvalue weighted by Crippen LogP contribution is -2.38. The minimum absolute atomic E-state index is 0.379. The lowest BCUT2D eigenvalue weighted by atomic mass is 9.98. The first-order chi connectivity index (χ1) is 10.2. The summed E-state index contributed by atoms with van der Waals surface area (Å²) in [6, 6.07) is 8.19. The molecule has 1 aromatic rings. The van der Waals surface area contributed by atoms with Crippen LogP contribution in [-0.4, -0.2) is 42.4 Å². The fourth-order valence-electron chi connectivity index (χ4n) is 2.92. The van der Waals surface area contributed by atoms with Crippen molar-refractivity contribution in [2.24, 2.45) is 0 Å². The van der Waals surface area contributed by atoms with Gasteiger partial charge in [0.25, 0.3) is 0 Å². The monoisotopic (exact) mass is 291 g/mol. The van der Waals surface area contributed by atoms with Crippen LogP contribution in [0.2, 0.25) is 0 Å². The largest absolute Gasteiger partial charge is 0.491 e. The number of β-amino-alcohol motifs (C(OH)–C–C–N with tert-alkyl or cyclic N) is 1. The number of aliphatic hydroxyl groups is 1. The molecule has 1 aromatic carbocycles. The van der Waals surface area contributed by atoms with Gasteiger partial charge in [-0.1, -0.05) is 38.5 Å². The van der Waals surface area contributed by atoms with Crippen LogP contribution in [0.15, 0.2) is 24.3 Å². The average molecular weight is 291 g/mol. The molecule has 1 saturated heterocycles. The van der Waals surface area contributed by atoms with Gasteiger partial charge in [-0.25, -0.2) is 0 Å². The van der Waals surface area contributed by atoms with E-state index in [2.05, 4.69) is 30.9 Å². The average Bonchev–Trinajstić information content (AvgIpc) is 2.53. The number of hydrogen-bond acceptors (Lipinski definition) is 3. The second-order valence-electron chi connectivity index (χ2n) is 6.17. The van der Waals surface area contributed by atoms with Crippen molar-refractivity contribution in [1.29, 1.82) is 0 Å². The van der Waals surface area contributed by atoms with E-state index >= 15 is 0 Å². The van der Waals surface area contributed by atoms with E-state index < -0.39 is 6.10 Å². The van der Waals surface area contributed by atoms with E-state index in [0.717, 1.165) is 31.8 Å². The zero-order valence-corrected chi connectivity index (χ0v) is 13.4. The molecule has 2 atom stereocenters. The number of para-hydroxylation sites is 1. The molecule has 0 bridgehead atoms. The maximum absolute atomic E-state index is 10.2. The highest BCUT2D eigenvalue weighted by molar-refractivity contribution is 5.35. The van der Waals surface area contributed by atoms with E-state index in [1.165, 1.54) is 24.8 Å². The number of benzene rings is 1. The van der Waals surface area contributed by atoms with E-state index in [1.807, 2.05) is 12.1 Å². The molecular weight excluding hydrogens is 262 g/mol. The molecule has 0 amide bonds. The smallest absolute Gasteiger partial charge is 0.122 e. The second-order valence-corrected chi connectivity index (χ2v) is 6.17. The molecule has 3 nitrogen and oxygen atoms in total.